The highest BCUT2D eigenvalue weighted by Crippen LogP contribution is 2.09. The molecular formula is C15H17FO2. The normalized spacial score (nSPS) is 11.8. The Labute approximate surface area is 107 Å². The molecule has 0 radical (unpaired) electrons. The van der Waals surface area contributed by atoms with Gasteiger partial charge < -0.3 is 4.74 Å². The van der Waals surface area contributed by atoms with E-state index in [1.54, 1.807) is 25.1 Å². The van der Waals surface area contributed by atoms with E-state index in [4.69, 9.17) is 4.74 Å². The van der Waals surface area contributed by atoms with Crippen molar-refractivity contribution >= 4 is 5.97 Å². The molecule has 96 valence electrons. The van der Waals surface area contributed by atoms with E-state index >= 15 is 0 Å². The molecule has 0 saturated heterocycles. The van der Waals surface area contributed by atoms with Crippen LogP contribution in [-0.4, -0.2) is 12.6 Å². The lowest BCUT2D eigenvalue weighted by atomic mass is 10.1. The molecule has 18 heavy (non-hydrogen) atoms. The van der Waals surface area contributed by atoms with Crippen LogP contribution in [0.15, 0.2) is 48.1 Å². The molecule has 0 spiro atoms. The first-order valence-corrected chi connectivity index (χ1v) is 5.87. The van der Waals surface area contributed by atoms with E-state index in [9.17, 15) is 9.18 Å². The lowest BCUT2D eigenvalue weighted by Gasteiger charge is -2.00. The van der Waals surface area contributed by atoms with Gasteiger partial charge in [-0.3, -0.25) is 0 Å². The Morgan fingerprint density at radius 3 is 2.61 bits per heavy atom. The average Bonchev–Trinajstić information content (AvgIpc) is 2.32. The van der Waals surface area contributed by atoms with Crippen LogP contribution in [0.25, 0.3) is 0 Å². The molecule has 1 rings (SSSR count). The van der Waals surface area contributed by atoms with Gasteiger partial charge in [-0.15, -0.1) is 0 Å². The summed E-state index contributed by atoms with van der Waals surface area (Å²) in [7, 11) is 0. The molecule has 0 aliphatic rings. The zero-order valence-electron chi connectivity index (χ0n) is 10.7. The molecular weight excluding hydrogens is 231 g/mol. The fraction of sp³-hybridized carbons (Fsp3) is 0.267. The fourth-order valence-corrected chi connectivity index (χ4v) is 1.46. The topological polar surface area (TPSA) is 26.3 Å². The van der Waals surface area contributed by atoms with Gasteiger partial charge in [0.15, 0.2) is 0 Å². The summed E-state index contributed by atoms with van der Waals surface area (Å²) in [5.74, 6) is -0.578. The highest BCUT2D eigenvalue weighted by atomic mass is 19.1. The van der Waals surface area contributed by atoms with Crippen molar-refractivity contribution in [2.45, 2.75) is 20.3 Å². The van der Waals surface area contributed by atoms with Gasteiger partial charge in [-0.2, -0.15) is 0 Å². The largest absolute Gasteiger partial charge is 0.463 e. The molecule has 0 fully saturated rings. The highest BCUT2D eigenvalue weighted by Gasteiger charge is 1.95. The molecule has 0 N–H and O–H groups in total. The van der Waals surface area contributed by atoms with Crippen LogP contribution in [0.4, 0.5) is 4.39 Å². The maximum atomic E-state index is 12.7. The van der Waals surface area contributed by atoms with Gasteiger partial charge in [0, 0.05) is 6.08 Å². The van der Waals surface area contributed by atoms with Gasteiger partial charge in [-0.05, 0) is 38.0 Å². The molecule has 0 aliphatic heterocycles. The molecule has 0 amide bonds. The van der Waals surface area contributed by atoms with Crippen LogP contribution in [0, 0.1) is 5.82 Å². The van der Waals surface area contributed by atoms with Crippen molar-refractivity contribution in [2.24, 2.45) is 0 Å². The number of rotatable bonds is 5. The quantitative estimate of drug-likeness (QED) is 0.453. The van der Waals surface area contributed by atoms with Gasteiger partial charge in [0.2, 0.25) is 0 Å². The Balaban J connectivity index is 2.52. The predicted octanol–water partition coefficient (Wildman–Crippen LogP) is 3.43. The van der Waals surface area contributed by atoms with Crippen molar-refractivity contribution in [3.05, 3.63) is 59.4 Å². The molecule has 0 atom stereocenters. The number of halogens is 1. The Hall–Kier alpha value is -1.90. The number of hydrogen-bond donors (Lipinski definition) is 0. The minimum Gasteiger partial charge on any atom is -0.463 e. The summed E-state index contributed by atoms with van der Waals surface area (Å²) in [4.78, 5) is 11.0. The summed E-state index contributed by atoms with van der Waals surface area (Å²) in [6, 6.07) is 6.39. The van der Waals surface area contributed by atoms with Crippen molar-refractivity contribution in [3.8, 4) is 0 Å². The maximum Gasteiger partial charge on any atom is 0.330 e. The number of allylic oxidation sites excluding steroid dienone is 3. The molecule has 0 saturated carbocycles. The maximum absolute atomic E-state index is 12.7. The third-order valence-electron chi connectivity index (χ3n) is 2.30. The van der Waals surface area contributed by atoms with Gasteiger partial charge in [-0.25, -0.2) is 9.18 Å². The molecule has 3 heteroatoms. The Kier molecular flexibility index (Phi) is 5.85. The van der Waals surface area contributed by atoms with E-state index < -0.39 is 0 Å². The van der Waals surface area contributed by atoms with Gasteiger partial charge in [0.05, 0.1) is 6.61 Å². The Morgan fingerprint density at radius 1 is 1.33 bits per heavy atom. The van der Waals surface area contributed by atoms with Gasteiger partial charge in [0.25, 0.3) is 0 Å². The standard InChI is InChI=1S/C15H17FO2/c1-3-18-15(17)6-4-5-12(2)11-13-7-9-14(16)10-8-13/h4-10H,3,11H2,1-2H3. The Morgan fingerprint density at radius 2 is 2.00 bits per heavy atom. The highest BCUT2D eigenvalue weighted by molar-refractivity contribution is 5.82. The monoisotopic (exact) mass is 248 g/mol. The van der Waals surface area contributed by atoms with Gasteiger partial charge in [-0.1, -0.05) is 29.9 Å². The van der Waals surface area contributed by atoms with E-state index in [0.717, 1.165) is 17.6 Å². The van der Waals surface area contributed by atoms with Crippen LogP contribution < -0.4 is 0 Å². The van der Waals surface area contributed by atoms with E-state index in [0.29, 0.717) is 6.61 Å². The van der Waals surface area contributed by atoms with E-state index in [2.05, 4.69) is 0 Å². The van der Waals surface area contributed by atoms with Crippen LogP contribution in [0.3, 0.4) is 0 Å². The summed E-state index contributed by atoms with van der Waals surface area (Å²) >= 11 is 0. The number of esters is 1. The number of ether oxygens (including phenoxy) is 1. The molecule has 1 aromatic carbocycles. The molecule has 1 aromatic rings. The first-order chi connectivity index (χ1) is 8.61. The molecule has 2 nitrogen and oxygen atoms in total. The van der Waals surface area contributed by atoms with Crippen molar-refractivity contribution < 1.29 is 13.9 Å². The minimum absolute atomic E-state index is 0.234. The summed E-state index contributed by atoms with van der Waals surface area (Å²) in [6.45, 7) is 4.10. The van der Waals surface area contributed by atoms with Crippen molar-refractivity contribution in [2.75, 3.05) is 6.61 Å². The van der Waals surface area contributed by atoms with Crippen LogP contribution in [0.2, 0.25) is 0 Å². The summed E-state index contributed by atoms with van der Waals surface area (Å²) in [5, 5.41) is 0. The first kappa shape index (κ1) is 14.2. The number of carbonyl (C=O) groups excluding carboxylic acids is 1. The zero-order valence-corrected chi connectivity index (χ0v) is 10.7. The van der Waals surface area contributed by atoms with Crippen LogP contribution >= 0.6 is 0 Å². The van der Waals surface area contributed by atoms with Crippen molar-refractivity contribution in [1.29, 1.82) is 0 Å². The Bertz CT molecular complexity index is 444. The second kappa shape index (κ2) is 7.43. The molecule has 0 bridgehead atoms. The lowest BCUT2D eigenvalue weighted by molar-refractivity contribution is -0.137. The van der Waals surface area contributed by atoms with Crippen LogP contribution in [-0.2, 0) is 16.0 Å². The summed E-state index contributed by atoms with van der Waals surface area (Å²) in [6.07, 6.45) is 5.63. The van der Waals surface area contributed by atoms with Gasteiger partial charge in [0.1, 0.15) is 5.82 Å². The fourth-order valence-electron chi connectivity index (χ4n) is 1.46. The predicted molar refractivity (Wildman–Crippen MR) is 69.6 cm³/mol. The minimum atomic E-state index is -0.344. The SMILES string of the molecule is CCOC(=O)C=CC=C(C)Cc1ccc(F)cc1. The molecule has 0 aromatic heterocycles. The first-order valence-electron chi connectivity index (χ1n) is 5.87. The third-order valence-corrected chi connectivity index (χ3v) is 2.30. The van der Waals surface area contributed by atoms with Crippen molar-refractivity contribution in [1.82, 2.24) is 0 Å². The number of benzene rings is 1. The number of carbonyl (C=O) groups is 1. The van der Waals surface area contributed by atoms with E-state index in [-0.39, 0.29) is 11.8 Å². The number of hydrogen-bond acceptors (Lipinski definition) is 2. The van der Waals surface area contributed by atoms with Crippen LogP contribution in [0.5, 0.6) is 0 Å². The van der Waals surface area contributed by atoms with Crippen LogP contribution in [0.1, 0.15) is 19.4 Å². The lowest BCUT2D eigenvalue weighted by Crippen LogP contribution is -1.98. The third kappa shape index (κ3) is 5.43. The zero-order chi connectivity index (χ0) is 13.4. The molecule has 0 unspecified atom stereocenters. The summed E-state index contributed by atoms with van der Waals surface area (Å²) < 4.78 is 17.5. The molecule has 0 aliphatic carbocycles. The van der Waals surface area contributed by atoms with E-state index in [1.807, 2.05) is 13.0 Å². The molecule has 0 heterocycles. The van der Waals surface area contributed by atoms with E-state index in [1.165, 1.54) is 18.2 Å². The van der Waals surface area contributed by atoms with Crippen molar-refractivity contribution in [3.63, 3.8) is 0 Å². The summed E-state index contributed by atoms with van der Waals surface area (Å²) in [5.41, 5.74) is 2.12. The smallest absolute Gasteiger partial charge is 0.330 e. The second-order valence-electron chi connectivity index (χ2n) is 3.93. The average molecular weight is 248 g/mol. The van der Waals surface area contributed by atoms with Gasteiger partial charge >= 0.3 is 5.97 Å². The second-order valence-corrected chi connectivity index (χ2v) is 3.93.